The largest absolute Gasteiger partial charge is 0.496 e. The number of aryl methyl sites for hydroxylation is 2. The molecule has 0 spiro atoms. The molecule has 0 amide bonds. The van der Waals surface area contributed by atoms with Crippen LogP contribution in [-0.2, 0) is 11.3 Å². The Morgan fingerprint density at radius 3 is 2.07 bits per heavy atom. The molecule has 0 aliphatic carbocycles. The number of benzene rings is 2. The molecule has 0 saturated carbocycles. The van der Waals surface area contributed by atoms with Crippen LogP contribution in [-0.4, -0.2) is 30.2 Å². The molecule has 0 fully saturated rings. The summed E-state index contributed by atoms with van der Waals surface area (Å²) in [6, 6.07) is 14.8. The zero-order chi connectivity index (χ0) is 20.8. The van der Waals surface area contributed by atoms with Gasteiger partial charge in [-0.05, 0) is 61.5 Å². The van der Waals surface area contributed by atoms with E-state index in [2.05, 4.69) is 9.97 Å². The van der Waals surface area contributed by atoms with Crippen LogP contribution >= 0.6 is 11.8 Å². The van der Waals surface area contributed by atoms with Gasteiger partial charge in [-0.15, -0.1) is 0 Å². The summed E-state index contributed by atoms with van der Waals surface area (Å²) >= 11 is 1.49. The summed E-state index contributed by atoms with van der Waals surface area (Å²) < 4.78 is 16.0. The maximum Gasteiger partial charge on any atom is 0.346 e. The number of esters is 1. The first-order valence-corrected chi connectivity index (χ1v) is 9.79. The van der Waals surface area contributed by atoms with Crippen LogP contribution in [0.3, 0.4) is 0 Å². The first-order chi connectivity index (χ1) is 14.0. The number of nitrogens with zero attached hydrogens (tertiary/aromatic N) is 2. The van der Waals surface area contributed by atoms with E-state index in [0.717, 1.165) is 21.8 Å². The molecule has 3 aromatic rings. The van der Waals surface area contributed by atoms with E-state index in [-0.39, 0.29) is 12.2 Å². The van der Waals surface area contributed by atoms with Gasteiger partial charge in [0.1, 0.15) is 23.7 Å². The fraction of sp³-hybridized carbons (Fsp3) is 0.227. The molecule has 0 radical (unpaired) electrons. The predicted octanol–water partition coefficient (Wildman–Crippen LogP) is 4.62. The molecule has 7 heteroatoms. The van der Waals surface area contributed by atoms with Gasteiger partial charge in [-0.25, -0.2) is 14.8 Å². The van der Waals surface area contributed by atoms with Gasteiger partial charge in [-0.3, -0.25) is 0 Å². The topological polar surface area (TPSA) is 70.5 Å². The highest BCUT2D eigenvalue weighted by Gasteiger charge is 2.19. The Morgan fingerprint density at radius 1 is 0.931 bits per heavy atom. The highest BCUT2D eigenvalue weighted by Crippen LogP contribution is 2.29. The van der Waals surface area contributed by atoms with Crippen LogP contribution in [0.4, 0.5) is 0 Å². The molecule has 0 atom stereocenters. The van der Waals surface area contributed by atoms with Crippen LogP contribution in [0, 0.1) is 13.8 Å². The second-order valence-corrected chi connectivity index (χ2v) is 7.33. The number of carbonyl (C=O) groups is 1. The maximum absolute atomic E-state index is 12.5. The van der Waals surface area contributed by atoms with E-state index in [4.69, 9.17) is 14.2 Å². The quantitative estimate of drug-likeness (QED) is 0.416. The van der Waals surface area contributed by atoms with Crippen molar-refractivity contribution in [3.05, 3.63) is 71.0 Å². The summed E-state index contributed by atoms with van der Waals surface area (Å²) in [6.07, 6.45) is 0. The smallest absolute Gasteiger partial charge is 0.346 e. The lowest BCUT2D eigenvalue weighted by molar-refractivity contribution is 0.0465. The molecule has 6 nitrogen and oxygen atoms in total. The van der Waals surface area contributed by atoms with E-state index < -0.39 is 5.97 Å². The van der Waals surface area contributed by atoms with E-state index >= 15 is 0 Å². The molecule has 1 heterocycles. The molecule has 150 valence electrons. The minimum Gasteiger partial charge on any atom is -0.496 e. The van der Waals surface area contributed by atoms with Gasteiger partial charge in [0, 0.05) is 16.3 Å². The second kappa shape index (κ2) is 9.43. The van der Waals surface area contributed by atoms with E-state index in [1.807, 2.05) is 44.2 Å². The fourth-order valence-electron chi connectivity index (χ4n) is 2.77. The standard InChI is InChI=1S/C22H22N2O4S/c1-14-12-15(2)24-22(23-14)29-17-10-8-16(9-11-17)13-28-21(25)20-18(26-3)6-5-7-19(20)27-4/h5-12H,13H2,1-4H3. The lowest BCUT2D eigenvalue weighted by atomic mass is 10.1. The number of hydrogen-bond acceptors (Lipinski definition) is 7. The van der Waals surface area contributed by atoms with Gasteiger partial charge >= 0.3 is 5.97 Å². The van der Waals surface area contributed by atoms with Gasteiger partial charge in [-0.1, -0.05) is 18.2 Å². The van der Waals surface area contributed by atoms with Crippen molar-refractivity contribution in [3.8, 4) is 11.5 Å². The fourth-order valence-corrected chi connectivity index (χ4v) is 3.63. The average Bonchev–Trinajstić information content (AvgIpc) is 2.71. The van der Waals surface area contributed by atoms with Crippen molar-refractivity contribution in [2.24, 2.45) is 0 Å². The van der Waals surface area contributed by atoms with Crippen molar-refractivity contribution in [2.75, 3.05) is 14.2 Å². The Kier molecular flexibility index (Phi) is 6.72. The molecule has 0 aliphatic rings. The van der Waals surface area contributed by atoms with Crippen LogP contribution in [0.15, 0.2) is 58.6 Å². The third-order valence-corrected chi connectivity index (χ3v) is 4.97. The van der Waals surface area contributed by atoms with Crippen LogP contribution in [0.25, 0.3) is 0 Å². The third kappa shape index (κ3) is 5.26. The summed E-state index contributed by atoms with van der Waals surface area (Å²) in [5.41, 5.74) is 3.03. The molecule has 1 aromatic heterocycles. The van der Waals surface area contributed by atoms with Gasteiger partial charge in [0.15, 0.2) is 5.16 Å². The monoisotopic (exact) mass is 410 g/mol. The lowest BCUT2D eigenvalue weighted by Gasteiger charge is -2.12. The van der Waals surface area contributed by atoms with E-state index in [1.54, 1.807) is 18.2 Å². The second-order valence-electron chi connectivity index (χ2n) is 6.29. The van der Waals surface area contributed by atoms with Crippen molar-refractivity contribution in [3.63, 3.8) is 0 Å². The van der Waals surface area contributed by atoms with E-state index in [0.29, 0.717) is 16.7 Å². The summed E-state index contributed by atoms with van der Waals surface area (Å²) in [5, 5.41) is 0.713. The first-order valence-electron chi connectivity index (χ1n) is 8.97. The van der Waals surface area contributed by atoms with E-state index in [9.17, 15) is 4.79 Å². The minimum absolute atomic E-state index is 0.144. The molecule has 0 aliphatic heterocycles. The average molecular weight is 410 g/mol. The van der Waals surface area contributed by atoms with Crippen molar-refractivity contribution in [1.29, 1.82) is 0 Å². The van der Waals surface area contributed by atoms with Crippen molar-refractivity contribution in [2.45, 2.75) is 30.5 Å². The lowest BCUT2D eigenvalue weighted by Crippen LogP contribution is -2.09. The highest BCUT2D eigenvalue weighted by atomic mass is 32.2. The number of carbonyl (C=O) groups excluding carboxylic acids is 1. The summed E-state index contributed by atoms with van der Waals surface area (Å²) in [5.74, 6) is 0.325. The molecule has 0 unspecified atom stereocenters. The maximum atomic E-state index is 12.5. The predicted molar refractivity (Wildman–Crippen MR) is 111 cm³/mol. The summed E-state index contributed by atoms with van der Waals surface area (Å²) in [7, 11) is 3.00. The molecule has 3 rings (SSSR count). The van der Waals surface area contributed by atoms with Crippen molar-refractivity contribution < 1.29 is 19.0 Å². The Labute approximate surface area is 174 Å². The Balaban J connectivity index is 1.65. The van der Waals surface area contributed by atoms with Crippen molar-refractivity contribution in [1.82, 2.24) is 9.97 Å². The molecule has 0 bridgehead atoms. The Morgan fingerprint density at radius 2 is 1.52 bits per heavy atom. The molecular formula is C22H22N2O4S. The van der Waals surface area contributed by atoms with Crippen LogP contribution in [0.1, 0.15) is 27.3 Å². The number of ether oxygens (including phenoxy) is 3. The van der Waals surface area contributed by atoms with Crippen LogP contribution in [0.2, 0.25) is 0 Å². The molecule has 29 heavy (non-hydrogen) atoms. The zero-order valence-corrected chi connectivity index (χ0v) is 17.6. The molecular weight excluding hydrogens is 388 g/mol. The molecule has 0 saturated heterocycles. The number of aromatic nitrogens is 2. The normalized spacial score (nSPS) is 10.5. The summed E-state index contributed by atoms with van der Waals surface area (Å²) in [6.45, 7) is 4.05. The van der Waals surface area contributed by atoms with Gasteiger partial charge in [-0.2, -0.15) is 0 Å². The minimum atomic E-state index is -0.499. The highest BCUT2D eigenvalue weighted by molar-refractivity contribution is 7.99. The SMILES string of the molecule is COc1cccc(OC)c1C(=O)OCc1ccc(Sc2nc(C)cc(C)n2)cc1. The van der Waals surface area contributed by atoms with Crippen LogP contribution in [0.5, 0.6) is 11.5 Å². The van der Waals surface area contributed by atoms with Gasteiger partial charge in [0.05, 0.1) is 14.2 Å². The van der Waals surface area contributed by atoms with Gasteiger partial charge in [0.25, 0.3) is 0 Å². The Hall–Kier alpha value is -3.06. The zero-order valence-electron chi connectivity index (χ0n) is 16.8. The number of rotatable bonds is 7. The molecule has 2 aromatic carbocycles. The third-order valence-electron chi connectivity index (χ3n) is 4.10. The first kappa shape index (κ1) is 20.7. The molecule has 0 N–H and O–H groups in total. The van der Waals surface area contributed by atoms with Gasteiger partial charge in [0.2, 0.25) is 0 Å². The summed E-state index contributed by atoms with van der Waals surface area (Å²) in [4.78, 5) is 22.4. The number of hydrogen-bond donors (Lipinski definition) is 0. The number of methoxy groups -OCH3 is 2. The van der Waals surface area contributed by atoms with E-state index in [1.165, 1.54) is 26.0 Å². The van der Waals surface area contributed by atoms with Crippen LogP contribution < -0.4 is 9.47 Å². The van der Waals surface area contributed by atoms with Crippen molar-refractivity contribution >= 4 is 17.7 Å². The Bertz CT molecular complexity index is 964. The van der Waals surface area contributed by atoms with Gasteiger partial charge < -0.3 is 14.2 Å².